The lowest BCUT2D eigenvalue weighted by Gasteiger charge is -2.30. The summed E-state index contributed by atoms with van der Waals surface area (Å²) in [6, 6.07) is 0. The van der Waals surface area contributed by atoms with E-state index in [1.165, 1.54) is 0 Å². The minimum atomic E-state index is -0.251. The van der Waals surface area contributed by atoms with E-state index in [1.54, 1.807) is 13.4 Å². The Labute approximate surface area is 102 Å². The molecule has 1 unspecified atom stereocenters. The van der Waals surface area contributed by atoms with Crippen LogP contribution in [0.2, 0.25) is 0 Å². The van der Waals surface area contributed by atoms with Crippen LogP contribution in [0.3, 0.4) is 0 Å². The number of methoxy groups -OCH3 is 1. The van der Waals surface area contributed by atoms with Gasteiger partial charge >= 0.3 is 0 Å². The average molecular weight is 241 g/mol. The van der Waals surface area contributed by atoms with Crippen LogP contribution in [0.15, 0.2) is 0 Å². The number of ether oxygens (including phenoxy) is 1. The minimum absolute atomic E-state index is 0.0736. The maximum absolute atomic E-state index is 11.1. The number of nitrogens with zero attached hydrogens (tertiary/aromatic N) is 1. The van der Waals surface area contributed by atoms with E-state index in [2.05, 4.69) is 16.7 Å². The molecule has 4 heteroatoms. The third-order valence-corrected chi connectivity index (χ3v) is 3.40. The summed E-state index contributed by atoms with van der Waals surface area (Å²) in [5.41, 5.74) is -0.251. The van der Waals surface area contributed by atoms with Crippen molar-refractivity contribution in [2.75, 3.05) is 26.5 Å². The lowest BCUT2D eigenvalue weighted by Crippen LogP contribution is -2.41. The van der Waals surface area contributed by atoms with E-state index in [4.69, 9.17) is 4.74 Å². The fraction of sp³-hybridized carbons (Fsp3) is 0.750. The summed E-state index contributed by atoms with van der Waals surface area (Å²) < 4.78 is 5.32. The van der Waals surface area contributed by atoms with Gasteiger partial charge in [0.25, 0.3) is 5.12 Å². The Morgan fingerprint density at radius 1 is 1.56 bits per heavy atom. The third-order valence-electron chi connectivity index (χ3n) is 2.92. The van der Waals surface area contributed by atoms with Crippen molar-refractivity contribution < 1.29 is 9.53 Å². The van der Waals surface area contributed by atoms with Crippen LogP contribution in [-0.4, -0.2) is 48.1 Å². The van der Waals surface area contributed by atoms with Crippen molar-refractivity contribution in [1.29, 1.82) is 0 Å². The summed E-state index contributed by atoms with van der Waals surface area (Å²) in [5.74, 6) is 5.72. The van der Waals surface area contributed by atoms with Crippen LogP contribution < -0.4 is 0 Å². The Kier molecular flexibility index (Phi) is 4.85. The maximum atomic E-state index is 11.1. The van der Waals surface area contributed by atoms with Gasteiger partial charge in [-0.25, -0.2) is 0 Å². The summed E-state index contributed by atoms with van der Waals surface area (Å²) in [5, 5.41) is -0.0736. The smallest absolute Gasteiger partial charge is 0.262 e. The van der Waals surface area contributed by atoms with E-state index in [9.17, 15) is 4.79 Å². The largest absolute Gasteiger partial charge is 0.380 e. The monoisotopic (exact) mass is 241 g/mol. The first kappa shape index (κ1) is 13.6. The van der Waals surface area contributed by atoms with Crippen molar-refractivity contribution in [2.24, 2.45) is 0 Å². The molecule has 3 nitrogen and oxygen atoms in total. The van der Waals surface area contributed by atoms with E-state index >= 15 is 0 Å². The second-order valence-corrected chi connectivity index (χ2v) is 5.17. The van der Waals surface area contributed by atoms with Crippen LogP contribution in [0, 0.1) is 11.8 Å². The lowest BCUT2D eigenvalue weighted by atomic mass is 10.0. The maximum Gasteiger partial charge on any atom is 0.262 e. The first-order chi connectivity index (χ1) is 7.49. The molecule has 0 aromatic carbocycles. The standard InChI is InChI=1S/C12H19NO2S/c1-12(2,7-5-11(14)16-4)13-8-6-10(9-13)15-3/h10H,6,8-9H2,1-4H3. The molecule has 1 rings (SSSR count). The van der Waals surface area contributed by atoms with Gasteiger partial charge in [-0.1, -0.05) is 17.7 Å². The van der Waals surface area contributed by atoms with Crippen LogP contribution in [0.4, 0.5) is 0 Å². The number of carbonyl (C=O) groups is 1. The molecule has 0 spiro atoms. The minimum Gasteiger partial charge on any atom is -0.380 e. The Balaban J connectivity index is 2.63. The van der Waals surface area contributed by atoms with Crippen molar-refractivity contribution in [1.82, 2.24) is 4.90 Å². The molecule has 1 fully saturated rings. The molecule has 90 valence electrons. The zero-order valence-corrected chi connectivity index (χ0v) is 11.2. The predicted molar refractivity (Wildman–Crippen MR) is 67.4 cm³/mol. The van der Waals surface area contributed by atoms with Gasteiger partial charge in [0.1, 0.15) is 0 Å². The second kappa shape index (κ2) is 5.72. The normalized spacial score (nSPS) is 21.6. The molecule has 1 aliphatic heterocycles. The van der Waals surface area contributed by atoms with Crippen LogP contribution in [-0.2, 0) is 9.53 Å². The van der Waals surface area contributed by atoms with Gasteiger partial charge in [0.15, 0.2) is 0 Å². The first-order valence-electron chi connectivity index (χ1n) is 5.38. The molecule has 0 radical (unpaired) electrons. The number of hydrogen-bond acceptors (Lipinski definition) is 4. The Morgan fingerprint density at radius 3 is 2.75 bits per heavy atom. The van der Waals surface area contributed by atoms with Gasteiger partial charge in [-0.15, -0.1) is 0 Å². The van der Waals surface area contributed by atoms with E-state index in [0.717, 1.165) is 31.3 Å². The van der Waals surface area contributed by atoms with Crippen LogP contribution in [0.25, 0.3) is 0 Å². The second-order valence-electron chi connectivity index (χ2n) is 4.39. The SMILES string of the molecule is COC1CCN(C(C)(C)C#CC(=O)SC)C1. The van der Waals surface area contributed by atoms with Crippen molar-refractivity contribution >= 4 is 16.9 Å². The summed E-state index contributed by atoms with van der Waals surface area (Å²) >= 11 is 1.16. The summed E-state index contributed by atoms with van der Waals surface area (Å²) in [6.07, 6.45) is 3.09. The average Bonchev–Trinajstić information content (AvgIpc) is 2.75. The number of rotatable bonds is 2. The van der Waals surface area contributed by atoms with E-state index in [0.29, 0.717) is 6.10 Å². The molecule has 1 aliphatic rings. The highest BCUT2D eigenvalue weighted by molar-refractivity contribution is 8.13. The van der Waals surface area contributed by atoms with Crippen molar-refractivity contribution in [3.8, 4) is 11.8 Å². The molecule has 0 aromatic rings. The fourth-order valence-corrected chi connectivity index (χ4v) is 1.92. The number of carbonyl (C=O) groups excluding carboxylic acids is 1. The van der Waals surface area contributed by atoms with Gasteiger partial charge in [-0.05, 0) is 32.4 Å². The first-order valence-corrected chi connectivity index (χ1v) is 6.61. The highest BCUT2D eigenvalue weighted by Gasteiger charge is 2.32. The Bertz CT molecular complexity index is 317. The van der Waals surface area contributed by atoms with Crippen LogP contribution in [0.5, 0.6) is 0 Å². The fourth-order valence-electron chi connectivity index (χ4n) is 1.76. The molecule has 1 saturated heterocycles. The molecule has 1 atom stereocenters. The van der Waals surface area contributed by atoms with Gasteiger partial charge in [0, 0.05) is 20.2 Å². The van der Waals surface area contributed by atoms with Gasteiger partial charge < -0.3 is 4.74 Å². The molecule has 0 N–H and O–H groups in total. The molecular weight excluding hydrogens is 222 g/mol. The Hall–Kier alpha value is -0.500. The quantitative estimate of drug-likeness (QED) is 0.683. The van der Waals surface area contributed by atoms with Crippen molar-refractivity contribution in [2.45, 2.75) is 31.9 Å². The van der Waals surface area contributed by atoms with Gasteiger partial charge in [0.2, 0.25) is 0 Å². The molecule has 0 saturated carbocycles. The van der Waals surface area contributed by atoms with Gasteiger partial charge in [-0.2, -0.15) is 0 Å². The molecular formula is C12H19NO2S. The number of thioether (sulfide) groups is 1. The highest BCUT2D eigenvalue weighted by atomic mass is 32.2. The number of likely N-dealkylation sites (tertiary alicyclic amines) is 1. The third kappa shape index (κ3) is 3.51. The molecule has 0 aliphatic carbocycles. The molecule has 0 bridgehead atoms. The van der Waals surface area contributed by atoms with E-state index in [1.807, 2.05) is 13.8 Å². The molecule has 0 aromatic heterocycles. The number of hydrogen-bond donors (Lipinski definition) is 0. The predicted octanol–water partition coefficient (Wildman–Crippen LogP) is 1.38. The Morgan fingerprint density at radius 2 is 2.25 bits per heavy atom. The zero-order chi connectivity index (χ0) is 12.2. The lowest BCUT2D eigenvalue weighted by molar-refractivity contribution is -0.106. The van der Waals surface area contributed by atoms with Crippen molar-refractivity contribution in [3.63, 3.8) is 0 Å². The van der Waals surface area contributed by atoms with Gasteiger partial charge in [-0.3, -0.25) is 9.69 Å². The summed E-state index contributed by atoms with van der Waals surface area (Å²) in [4.78, 5) is 13.4. The topological polar surface area (TPSA) is 29.5 Å². The highest BCUT2D eigenvalue weighted by Crippen LogP contribution is 2.21. The zero-order valence-electron chi connectivity index (χ0n) is 10.4. The molecule has 0 amide bonds. The summed E-state index contributed by atoms with van der Waals surface area (Å²) in [7, 11) is 1.74. The molecule has 1 heterocycles. The van der Waals surface area contributed by atoms with Crippen LogP contribution in [0.1, 0.15) is 20.3 Å². The molecule has 16 heavy (non-hydrogen) atoms. The van der Waals surface area contributed by atoms with Crippen molar-refractivity contribution in [3.05, 3.63) is 0 Å². The van der Waals surface area contributed by atoms with Crippen LogP contribution >= 0.6 is 11.8 Å². The van der Waals surface area contributed by atoms with E-state index < -0.39 is 0 Å². The van der Waals surface area contributed by atoms with Gasteiger partial charge in [0.05, 0.1) is 11.6 Å². The van der Waals surface area contributed by atoms with E-state index in [-0.39, 0.29) is 10.7 Å². The summed E-state index contributed by atoms with van der Waals surface area (Å²) in [6.45, 7) is 5.97.